The molecule has 1 unspecified atom stereocenters. The van der Waals surface area contributed by atoms with Gasteiger partial charge in [0.05, 0.1) is 13.1 Å². The van der Waals surface area contributed by atoms with Crippen LogP contribution >= 0.6 is 0 Å². The van der Waals surface area contributed by atoms with Gasteiger partial charge in [-0.2, -0.15) is 0 Å². The summed E-state index contributed by atoms with van der Waals surface area (Å²) in [5, 5.41) is 8.15. The summed E-state index contributed by atoms with van der Waals surface area (Å²) >= 11 is 0. The Morgan fingerprint density at radius 1 is 1.12 bits per heavy atom. The highest BCUT2D eigenvalue weighted by molar-refractivity contribution is 5.97. The Balaban J connectivity index is 1.58. The Morgan fingerprint density at radius 2 is 1.81 bits per heavy atom. The lowest BCUT2D eigenvalue weighted by Gasteiger charge is -2.34. The van der Waals surface area contributed by atoms with E-state index >= 15 is 0 Å². The van der Waals surface area contributed by atoms with Crippen LogP contribution in [0.5, 0.6) is 0 Å². The number of rotatable bonds is 3. The van der Waals surface area contributed by atoms with Gasteiger partial charge in [-0.25, -0.2) is 0 Å². The van der Waals surface area contributed by atoms with E-state index in [-0.39, 0.29) is 12.5 Å². The number of primary amides is 1. The molecule has 1 fully saturated rings. The fourth-order valence-corrected chi connectivity index (χ4v) is 4.09. The summed E-state index contributed by atoms with van der Waals surface area (Å²) in [5.41, 5.74) is 7.43. The first-order chi connectivity index (χ1) is 12.5. The van der Waals surface area contributed by atoms with E-state index < -0.39 is 11.9 Å². The van der Waals surface area contributed by atoms with Gasteiger partial charge in [0.15, 0.2) is 5.82 Å². The van der Waals surface area contributed by atoms with Gasteiger partial charge < -0.3 is 15.2 Å². The Kier molecular flexibility index (Phi) is 4.22. The minimum absolute atomic E-state index is 0.196. The van der Waals surface area contributed by atoms with Crippen LogP contribution in [0.4, 0.5) is 0 Å². The Labute approximate surface area is 152 Å². The Hall–Kier alpha value is -2.70. The van der Waals surface area contributed by atoms with Crippen LogP contribution in [0.25, 0.3) is 0 Å². The van der Waals surface area contributed by atoms with Crippen LogP contribution in [0.1, 0.15) is 59.2 Å². The first-order valence-corrected chi connectivity index (χ1v) is 9.13. The molecule has 1 atom stereocenters. The van der Waals surface area contributed by atoms with Crippen molar-refractivity contribution in [2.75, 3.05) is 0 Å². The molecule has 7 heteroatoms. The van der Waals surface area contributed by atoms with E-state index in [0.717, 1.165) is 5.82 Å². The molecule has 26 heavy (non-hydrogen) atoms. The van der Waals surface area contributed by atoms with Crippen molar-refractivity contribution in [3.63, 3.8) is 0 Å². The highest BCUT2D eigenvalue weighted by atomic mass is 16.2. The van der Waals surface area contributed by atoms with Crippen molar-refractivity contribution in [3.8, 4) is 0 Å². The molecule has 0 radical (unpaired) electrons. The van der Waals surface area contributed by atoms with Crippen LogP contribution < -0.4 is 5.73 Å². The molecular formula is C19H23N5O2. The van der Waals surface area contributed by atoms with Crippen molar-refractivity contribution in [1.82, 2.24) is 19.7 Å². The average molecular weight is 353 g/mol. The molecule has 1 saturated carbocycles. The van der Waals surface area contributed by atoms with Crippen molar-refractivity contribution in [2.45, 2.75) is 57.7 Å². The molecule has 2 aromatic rings. The van der Waals surface area contributed by atoms with Gasteiger partial charge in [-0.3, -0.25) is 9.59 Å². The van der Waals surface area contributed by atoms with E-state index in [0.29, 0.717) is 23.9 Å². The number of hydrogen-bond donors (Lipinski definition) is 1. The minimum atomic E-state index is -0.695. The van der Waals surface area contributed by atoms with Crippen LogP contribution in [0.2, 0.25) is 0 Å². The van der Waals surface area contributed by atoms with E-state index in [1.165, 1.54) is 36.1 Å². The molecule has 2 heterocycles. The zero-order chi connectivity index (χ0) is 18.3. The second kappa shape index (κ2) is 6.55. The number of nitrogens with zero attached hydrogens (tertiary/aromatic N) is 4. The molecule has 1 aromatic heterocycles. The second-order valence-corrected chi connectivity index (χ2v) is 7.23. The quantitative estimate of drug-likeness (QED) is 0.909. The van der Waals surface area contributed by atoms with Crippen LogP contribution in [0.15, 0.2) is 24.3 Å². The predicted molar refractivity (Wildman–Crippen MR) is 95.3 cm³/mol. The lowest BCUT2D eigenvalue weighted by Crippen LogP contribution is -2.53. The fourth-order valence-electron chi connectivity index (χ4n) is 4.09. The largest absolute Gasteiger partial charge is 0.368 e. The summed E-state index contributed by atoms with van der Waals surface area (Å²) in [7, 11) is 0. The third-order valence-electron chi connectivity index (χ3n) is 5.63. The summed E-state index contributed by atoms with van der Waals surface area (Å²) in [6.07, 6.45) is 5.00. The Bertz CT molecular complexity index is 836. The molecule has 2 aliphatic rings. The molecule has 7 nitrogen and oxygen atoms in total. The number of aromatic nitrogens is 3. The summed E-state index contributed by atoms with van der Waals surface area (Å²) in [4.78, 5) is 26.5. The van der Waals surface area contributed by atoms with Gasteiger partial charge in [0.25, 0.3) is 5.91 Å². The second-order valence-electron chi connectivity index (χ2n) is 7.23. The summed E-state index contributed by atoms with van der Waals surface area (Å²) in [5.74, 6) is 1.29. The number of benzene rings is 1. The van der Waals surface area contributed by atoms with Crippen molar-refractivity contribution in [1.29, 1.82) is 0 Å². The zero-order valence-electron chi connectivity index (χ0n) is 14.9. The molecule has 136 valence electrons. The first kappa shape index (κ1) is 16.8. The fraction of sp³-hybridized carbons (Fsp3) is 0.474. The predicted octanol–water partition coefficient (Wildman–Crippen LogP) is 1.75. The van der Waals surface area contributed by atoms with E-state index in [4.69, 9.17) is 5.73 Å². The van der Waals surface area contributed by atoms with E-state index in [1.807, 2.05) is 35.8 Å². The van der Waals surface area contributed by atoms with Crippen molar-refractivity contribution in [2.24, 2.45) is 5.73 Å². The van der Waals surface area contributed by atoms with Gasteiger partial charge >= 0.3 is 0 Å². The maximum absolute atomic E-state index is 13.0. The van der Waals surface area contributed by atoms with Crippen molar-refractivity contribution >= 4 is 11.8 Å². The number of carbonyl (C=O) groups excluding carboxylic acids is 2. The highest BCUT2D eigenvalue weighted by Gasteiger charge is 2.35. The molecule has 4 rings (SSSR count). The summed E-state index contributed by atoms with van der Waals surface area (Å²) in [6.45, 7) is 2.36. The van der Waals surface area contributed by atoms with Crippen molar-refractivity contribution in [3.05, 3.63) is 47.0 Å². The number of aryl methyl sites for hydroxylation is 1. The maximum Gasteiger partial charge on any atom is 0.255 e. The molecule has 0 bridgehead atoms. The zero-order valence-corrected chi connectivity index (χ0v) is 14.9. The molecular weight excluding hydrogens is 330 g/mol. The highest BCUT2D eigenvalue weighted by Crippen LogP contribution is 2.34. The normalized spacial score (nSPS) is 20.2. The summed E-state index contributed by atoms with van der Waals surface area (Å²) in [6, 6.07) is 7.11. The molecule has 2 N–H and O–H groups in total. The number of amides is 2. The average Bonchev–Trinajstić information content (AvgIpc) is 3.30. The van der Waals surface area contributed by atoms with Gasteiger partial charge in [0.1, 0.15) is 11.9 Å². The number of fused-ring (bicyclic) bond motifs is 1. The topological polar surface area (TPSA) is 94.1 Å². The Morgan fingerprint density at radius 3 is 2.46 bits per heavy atom. The maximum atomic E-state index is 13.0. The van der Waals surface area contributed by atoms with E-state index in [1.54, 1.807) is 0 Å². The SMILES string of the molecule is Cc1nnc2n1CC(C(N)=O)N(C(=O)c1ccc(C3CCCC3)cc1)C2. The minimum Gasteiger partial charge on any atom is -0.368 e. The molecule has 1 aromatic carbocycles. The van der Waals surface area contributed by atoms with Crippen LogP contribution in [-0.4, -0.2) is 37.5 Å². The molecule has 0 saturated heterocycles. The smallest absolute Gasteiger partial charge is 0.255 e. The van der Waals surface area contributed by atoms with Crippen molar-refractivity contribution < 1.29 is 9.59 Å². The number of hydrogen-bond acceptors (Lipinski definition) is 4. The lowest BCUT2D eigenvalue weighted by atomic mass is 9.96. The monoisotopic (exact) mass is 353 g/mol. The summed E-state index contributed by atoms with van der Waals surface area (Å²) < 4.78 is 1.85. The van der Waals surface area contributed by atoms with Gasteiger partial charge in [-0.1, -0.05) is 25.0 Å². The van der Waals surface area contributed by atoms with Gasteiger partial charge in [-0.05, 0) is 43.4 Å². The van der Waals surface area contributed by atoms with Crippen LogP contribution in [0, 0.1) is 6.92 Å². The molecule has 1 aliphatic carbocycles. The number of carbonyl (C=O) groups is 2. The number of nitrogens with two attached hydrogens (primary N) is 1. The molecule has 0 spiro atoms. The first-order valence-electron chi connectivity index (χ1n) is 9.13. The van der Waals surface area contributed by atoms with Crippen LogP contribution in [-0.2, 0) is 17.9 Å². The van der Waals surface area contributed by atoms with Gasteiger partial charge in [0.2, 0.25) is 5.91 Å². The third kappa shape index (κ3) is 2.87. The van der Waals surface area contributed by atoms with E-state index in [9.17, 15) is 9.59 Å². The van der Waals surface area contributed by atoms with E-state index in [2.05, 4.69) is 10.2 Å². The van der Waals surface area contributed by atoms with Gasteiger partial charge in [-0.15, -0.1) is 10.2 Å². The standard InChI is InChI=1S/C19H23N5O2/c1-12-21-22-17-11-24(16(18(20)25)10-23(12)17)19(26)15-8-6-14(7-9-15)13-4-2-3-5-13/h6-9,13,16H,2-5,10-11H2,1H3,(H2,20,25). The van der Waals surface area contributed by atoms with Gasteiger partial charge in [0, 0.05) is 5.56 Å². The molecule has 1 aliphatic heterocycles. The van der Waals surface area contributed by atoms with Crippen LogP contribution in [0.3, 0.4) is 0 Å². The third-order valence-corrected chi connectivity index (χ3v) is 5.63. The lowest BCUT2D eigenvalue weighted by molar-refractivity contribution is -0.123. The molecule has 2 amide bonds.